The molecule has 21 heavy (non-hydrogen) atoms. The Hall–Kier alpha value is -1.30. The van der Waals surface area contributed by atoms with Crippen molar-refractivity contribution in [1.29, 1.82) is 0 Å². The van der Waals surface area contributed by atoms with Crippen LogP contribution in [0.4, 0.5) is 4.39 Å². The Balaban J connectivity index is 2.05. The number of aliphatic hydroxyl groups is 1. The van der Waals surface area contributed by atoms with E-state index >= 15 is 0 Å². The van der Waals surface area contributed by atoms with Crippen LogP contribution in [0.3, 0.4) is 0 Å². The van der Waals surface area contributed by atoms with Gasteiger partial charge in [-0.05, 0) is 24.3 Å². The van der Waals surface area contributed by atoms with E-state index in [1.165, 1.54) is 12.1 Å². The SMILES string of the molecule is OC(c1cc(Br)ccc1F)c1cc2c(cc1Cl)OCCO2. The first-order valence-electron chi connectivity index (χ1n) is 6.28. The van der Waals surface area contributed by atoms with Crippen molar-refractivity contribution < 1.29 is 19.0 Å². The molecule has 6 heteroatoms. The molecule has 0 aromatic heterocycles. The topological polar surface area (TPSA) is 38.7 Å². The van der Waals surface area contributed by atoms with Gasteiger partial charge in [0.05, 0.1) is 5.02 Å². The zero-order chi connectivity index (χ0) is 15.0. The Morgan fingerprint density at radius 3 is 2.48 bits per heavy atom. The first-order chi connectivity index (χ1) is 10.1. The van der Waals surface area contributed by atoms with Crippen molar-refractivity contribution in [2.24, 2.45) is 0 Å². The molecule has 0 saturated carbocycles. The summed E-state index contributed by atoms with van der Waals surface area (Å²) in [5.74, 6) is 0.517. The van der Waals surface area contributed by atoms with Crippen LogP contribution in [0.15, 0.2) is 34.8 Å². The summed E-state index contributed by atoms with van der Waals surface area (Å²) in [6, 6.07) is 7.53. The van der Waals surface area contributed by atoms with Crippen molar-refractivity contribution in [3.63, 3.8) is 0 Å². The Morgan fingerprint density at radius 1 is 1.10 bits per heavy atom. The van der Waals surface area contributed by atoms with E-state index in [-0.39, 0.29) is 5.56 Å². The number of hydrogen-bond donors (Lipinski definition) is 1. The molecule has 1 aliphatic rings. The van der Waals surface area contributed by atoms with Gasteiger partial charge in [-0.25, -0.2) is 4.39 Å². The van der Waals surface area contributed by atoms with Crippen LogP contribution in [0.2, 0.25) is 5.02 Å². The summed E-state index contributed by atoms with van der Waals surface area (Å²) in [5, 5.41) is 10.7. The fourth-order valence-corrected chi connectivity index (χ4v) is 2.82. The van der Waals surface area contributed by atoms with Gasteiger partial charge in [0.2, 0.25) is 0 Å². The van der Waals surface area contributed by atoms with E-state index in [4.69, 9.17) is 21.1 Å². The van der Waals surface area contributed by atoms with E-state index in [9.17, 15) is 9.50 Å². The highest BCUT2D eigenvalue weighted by atomic mass is 79.9. The summed E-state index contributed by atoms with van der Waals surface area (Å²) < 4.78 is 25.4. The van der Waals surface area contributed by atoms with Crippen LogP contribution in [0.25, 0.3) is 0 Å². The molecule has 0 fully saturated rings. The highest BCUT2D eigenvalue weighted by Crippen LogP contribution is 2.40. The van der Waals surface area contributed by atoms with Crippen molar-refractivity contribution in [3.05, 3.63) is 56.8 Å². The maximum absolute atomic E-state index is 13.9. The van der Waals surface area contributed by atoms with Crippen molar-refractivity contribution in [2.45, 2.75) is 6.10 Å². The van der Waals surface area contributed by atoms with E-state index in [2.05, 4.69) is 15.9 Å². The molecule has 1 N–H and O–H groups in total. The van der Waals surface area contributed by atoms with Crippen LogP contribution >= 0.6 is 27.5 Å². The molecular formula is C15H11BrClFO3. The van der Waals surface area contributed by atoms with Crippen LogP contribution in [0.5, 0.6) is 11.5 Å². The molecule has 0 spiro atoms. The van der Waals surface area contributed by atoms with Gasteiger partial charge in [0.25, 0.3) is 0 Å². The Morgan fingerprint density at radius 2 is 1.76 bits per heavy atom. The molecule has 1 unspecified atom stereocenters. The molecule has 0 aliphatic carbocycles. The summed E-state index contributed by atoms with van der Waals surface area (Å²) in [6.45, 7) is 0.876. The number of aliphatic hydroxyl groups excluding tert-OH is 1. The number of hydrogen-bond acceptors (Lipinski definition) is 3. The lowest BCUT2D eigenvalue weighted by Gasteiger charge is -2.21. The lowest BCUT2D eigenvalue weighted by Crippen LogP contribution is -2.16. The van der Waals surface area contributed by atoms with Crippen LogP contribution < -0.4 is 9.47 Å². The smallest absolute Gasteiger partial charge is 0.162 e. The summed E-state index contributed by atoms with van der Waals surface area (Å²) in [6.07, 6.45) is -1.19. The van der Waals surface area contributed by atoms with Gasteiger partial charge < -0.3 is 14.6 Å². The third-order valence-corrected chi connectivity index (χ3v) is 4.03. The monoisotopic (exact) mass is 372 g/mol. The largest absolute Gasteiger partial charge is 0.486 e. The zero-order valence-electron chi connectivity index (χ0n) is 10.8. The molecular weight excluding hydrogens is 363 g/mol. The average molecular weight is 374 g/mol. The van der Waals surface area contributed by atoms with E-state index in [0.717, 1.165) is 0 Å². The number of halogens is 3. The van der Waals surface area contributed by atoms with Crippen LogP contribution in [-0.2, 0) is 0 Å². The zero-order valence-corrected chi connectivity index (χ0v) is 13.1. The van der Waals surface area contributed by atoms with Gasteiger partial charge in [-0.15, -0.1) is 0 Å². The molecule has 0 radical (unpaired) electrons. The van der Waals surface area contributed by atoms with E-state index in [0.29, 0.717) is 39.8 Å². The second-order valence-corrected chi connectivity index (χ2v) is 5.91. The molecule has 3 nitrogen and oxygen atoms in total. The minimum atomic E-state index is -1.19. The van der Waals surface area contributed by atoms with Gasteiger partial charge in [-0.1, -0.05) is 27.5 Å². The molecule has 1 atom stereocenters. The minimum absolute atomic E-state index is 0.142. The molecule has 110 valence electrons. The fraction of sp³-hybridized carbons (Fsp3) is 0.200. The molecule has 0 amide bonds. The van der Waals surface area contributed by atoms with E-state index in [1.807, 2.05) is 0 Å². The fourth-order valence-electron chi connectivity index (χ4n) is 2.18. The van der Waals surface area contributed by atoms with Crippen molar-refractivity contribution in [1.82, 2.24) is 0 Å². The van der Waals surface area contributed by atoms with E-state index < -0.39 is 11.9 Å². The summed E-state index contributed by atoms with van der Waals surface area (Å²) in [4.78, 5) is 0. The number of ether oxygens (including phenoxy) is 2. The third-order valence-electron chi connectivity index (χ3n) is 3.21. The van der Waals surface area contributed by atoms with Gasteiger partial charge in [-0.3, -0.25) is 0 Å². The van der Waals surface area contributed by atoms with Gasteiger partial charge in [0.1, 0.15) is 25.1 Å². The van der Waals surface area contributed by atoms with Crippen molar-refractivity contribution in [3.8, 4) is 11.5 Å². The first-order valence-corrected chi connectivity index (χ1v) is 7.45. The number of rotatable bonds is 2. The summed E-state index contributed by atoms with van der Waals surface area (Å²) in [5.41, 5.74) is 0.515. The molecule has 3 rings (SSSR count). The standard InChI is InChI=1S/C15H11BrClFO3/c16-8-1-2-12(18)10(5-8)15(19)9-6-13-14(7-11(9)17)21-4-3-20-13/h1-2,5-7,15,19H,3-4H2. The Kier molecular flexibility index (Phi) is 4.06. The van der Waals surface area contributed by atoms with Gasteiger partial charge in [-0.2, -0.15) is 0 Å². The Labute approximate surface area is 134 Å². The van der Waals surface area contributed by atoms with Crippen molar-refractivity contribution in [2.75, 3.05) is 13.2 Å². The second kappa shape index (κ2) is 5.83. The molecule has 1 heterocycles. The third kappa shape index (κ3) is 2.86. The maximum atomic E-state index is 13.9. The lowest BCUT2D eigenvalue weighted by molar-refractivity contribution is 0.169. The predicted octanol–water partition coefficient (Wildman–Crippen LogP) is 4.09. The molecule has 2 aromatic carbocycles. The number of benzene rings is 2. The normalized spacial score (nSPS) is 14.9. The van der Waals surface area contributed by atoms with Crippen LogP contribution in [0, 0.1) is 5.82 Å². The minimum Gasteiger partial charge on any atom is -0.486 e. The lowest BCUT2D eigenvalue weighted by atomic mass is 10.0. The van der Waals surface area contributed by atoms with Gasteiger partial charge in [0, 0.05) is 21.7 Å². The Bertz CT molecular complexity index is 693. The van der Waals surface area contributed by atoms with Gasteiger partial charge >= 0.3 is 0 Å². The molecule has 2 aromatic rings. The summed E-state index contributed by atoms with van der Waals surface area (Å²) in [7, 11) is 0. The highest BCUT2D eigenvalue weighted by Gasteiger charge is 2.22. The maximum Gasteiger partial charge on any atom is 0.162 e. The quantitative estimate of drug-likeness (QED) is 0.861. The van der Waals surface area contributed by atoms with Crippen LogP contribution in [0.1, 0.15) is 17.2 Å². The molecule has 0 bridgehead atoms. The van der Waals surface area contributed by atoms with E-state index in [1.54, 1.807) is 18.2 Å². The number of fused-ring (bicyclic) bond motifs is 1. The summed E-state index contributed by atoms with van der Waals surface area (Å²) >= 11 is 9.43. The second-order valence-electron chi connectivity index (χ2n) is 4.59. The highest BCUT2D eigenvalue weighted by molar-refractivity contribution is 9.10. The van der Waals surface area contributed by atoms with Crippen LogP contribution in [-0.4, -0.2) is 18.3 Å². The molecule has 0 saturated heterocycles. The average Bonchev–Trinajstić information content (AvgIpc) is 2.48. The first kappa shape index (κ1) is 14.6. The molecule has 1 aliphatic heterocycles. The van der Waals surface area contributed by atoms with Gasteiger partial charge in [0.15, 0.2) is 11.5 Å². The predicted molar refractivity (Wildman–Crippen MR) is 80.6 cm³/mol. The van der Waals surface area contributed by atoms with Crippen molar-refractivity contribution >= 4 is 27.5 Å².